The Labute approximate surface area is 101 Å². The lowest BCUT2D eigenvalue weighted by Gasteiger charge is -2.32. The Morgan fingerprint density at radius 1 is 1.06 bits per heavy atom. The molecule has 0 aromatic rings. The van der Waals surface area contributed by atoms with Crippen molar-refractivity contribution < 1.29 is 0 Å². The van der Waals surface area contributed by atoms with Crippen LogP contribution in [-0.4, -0.2) is 30.1 Å². The van der Waals surface area contributed by atoms with Gasteiger partial charge in [-0.2, -0.15) is 0 Å². The molecule has 2 heteroatoms. The predicted octanol–water partition coefficient (Wildman–Crippen LogP) is 2.48. The summed E-state index contributed by atoms with van der Waals surface area (Å²) in [5.41, 5.74) is 6.93. The Morgan fingerprint density at radius 3 is 2.12 bits per heavy atom. The van der Waals surface area contributed by atoms with Gasteiger partial charge in [-0.1, -0.05) is 20.8 Å². The van der Waals surface area contributed by atoms with Gasteiger partial charge in [-0.25, -0.2) is 0 Å². The van der Waals surface area contributed by atoms with Crippen LogP contribution in [0.5, 0.6) is 0 Å². The van der Waals surface area contributed by atoms with Crippen molar-refractivity contribution >= 4 is 0 Å². The van der Waals surface area contributed by atoms with Gasteiger partial charge in [0.2, 0.25) is 0 Å². The molecule has 0 aromatic heterocycles. The molecule has 2 N–H and O–H groups in total. The van der Waals surface area contributed by atoms with E-state index in [1.807, 2.05) is 0 Å². The Hall–Kier alpha value is -0.0800. The minimum absolute atomic E-state index is 0.0623. The second-order valence-corrected chi connectivity index (χ2v) is 7.37. The highest BCUT2D eigenvalue weighted by Gasteiger charge is 2.41. The van der Waals surface area contributed by atoms with E-state index in [0.29, 0.717) is 5.41 Å². The molecule has 2 aliphatic rings. The van der Waals surface area contributed by atoms with Gasteiger partial charge in [-0.3, -0.25) is 0 Å². The second-order valence-electron chi connectivity index (χ2n) is 7.37. The molecule has 2 atom stereocenters. The lowest BCUT2D eigenvalue weighted by molar-refractivity contribution is 0.198. The van der Waals surface area contributed by atoms with Gasteiger partial charge in [-0.05, 0) is 50.0 Å². The van der Waals surface area contributed by atoms with Crippen molar-refractivity contribution in [2.45, 2.75) is 52.5 Å². The van der Waals surface area contributed by atoms with Crippen LogP contribution in [0.2, 0.25) is 0 Å². The normalized spacial score (nSPS) is 31.7. The highest BCUT2D eigenvalue weighted by Crippen LogP contribution is 2.40. The molecule has 0 radical (unpaired) electrons. The van der Waals surface area contributed by atoms with Crippen LogP contribution in [0.3, 0.4) is 0 Å². The summed E-state index contributed by atoms with van der Waals surface area (Å²) in [7, 11) is 0. The summed E-state index contributed by atoms with van der Waals surface area (Å²) in [5, 5.41) is 0. The first-order valence-corrected chi connectivity index (χ1v) is 6.80. The van der Waals surface area contributed by atoms with Crippen LogP contribution >= 0.6 is 0 Å². The molecule has 2 rings (SSSR count). The highest BCUT2D eigenvalue weighted by molar-refractivity contribution is 4.98. The minimum Gasteiger partial charge on any atom is -0.324 e. The average molecular weight is 224 g/mol. The number of nitrogens with two attached hydrogens (primary N) is 1. The van der Waals surface area contributed by atoms with Crippen LogP contribution in [0.4, 0.5) is 0 Å². The van der Waals surface area contributed by atoms with E-state index in [4.69, 9.17) is 5.73 Å². The maximum Gasteiger partial charge on any atom is 0.0283 e. The summed E-state index contributed by atoms with van der Waals surface area (Å²) in [4.78, 5) is 2.59. The zero-order valence-corrected chi connectivity index (χ0v) is 11.4. The summed E-state index contributed by atoms with van der Waals surface area (Å²) in [5.74, 6) is 1.64. The van der Waals surface area contributed by atoms with E-state index < -0.39 is 0 Å². The van der Waals surface area contributed by atoms with Crippen LogP contribution in [0.1, 0.15) is 47.0 Å². The molecule has 2 unspecified atom stereocenters. The number of rotatable bonds is 3. The second kappa shape index (κ2) is 3.99. The summed E-state index contributed by atoms with van der Waals surface area (Å²) in [6.07, 6.45) is 4.05. The van der Waals surface area contributed by atoms with E-state index in [2.05, 4.69) is 32.6 Å². The van der Waals surface area contributed by atoms with Gasteiger partial charge in [0.25, 0.3) is 0 Å². The predicted molar refractivity (Wildman–Crippen MR) is 69.3 cm³/mol. The van der Waals surface area contributed by atoms with Gasteiger partial charge in [0, 0.05) is 18.6 Å². The average Bonchev–Trinajstić information content (AvgIpc) is 2.87. The van der Waals surface area contributed by atoms with Crippen molar-refractivity contribution in [3.05, 3.63) is 0 Å². The van der Waals surface area contributed by atoms with Gasteiger partial charge in [0.1, 0.15) is 0 Å². The van der Waals surface area contributed by atoms with Crippen LogP contribution in [-0.2, 0) is 0 Å². The van der Waals surface area contributed by atoms with E-state index in [1.54, 1.807) is 0 Å². The van der Waals surface area contributed by atoms with Crippen LogP contribution in [0.25, 0.3) is 0 Å². The number of nitrogens with zero attached hydrogens (tertiary/aromatic N) is 1. The third-order valence-electron chi connectivity index (χ3n) is 4.57. The maximum atomic E-state index is 6.41. The van der Waals surface area contributed by atoms with E-state index in [0.717, 1.165) is 18.4 Å². The molecule has 2 nitrogen and oxygen atoms in total. The largest absolute Gasteiger partial charge is 0.324 e. The van der Waals surface area contributed by atoms with Crippen molar-refractivity contribution in [1.29, 1.82) is 0 Å². The molecule has 1 aliphatic carbocycles. The van der Waals surface area contributed by atoms with Crippen molar-refractivity contribution in [2.24, 2.45) is 23.0 Å². The third-order valence-corrected chi connectivity index (χ3v) is 4.57. The molecule has 1 saturated heterocycles. The Morgan fingerprint density at radius 2 is 1.69 bits per heavy atom. The topological polar surface area (TPSA) is 29.3 Å². The monoisotopic (exact) mass is 224 g/mol. The molecule has 0 spiro atoms. The molecular formula is C14H28N2. The lowest BCUT2D eigenvalue weighted by Crippen LogP contribution is -2.49. The molecule has 94 valence electrons. The maximum absolute atomic E-state index is 6.41. The van der Waals surface area contributed by atoms with Crippen molar-refractivity contribution in [1.82, 2.24) is 4.90 Å². The summed E-state index contributed by atoms with van der Waals surface area (Å²) >= 11 is 0. The van der Waals surface area contributed by atoms with Crippen molar-refractivity contribution in [3.63, 3.8) is 0 Å². The molecule has 2 fully saturated rings. The first kappa shape index (κ1) is 12.4. The Kier molecular flexibility index (Phi) is 3.09. The Bertz CT molecular complexity index is 248. The van der Waals surface area contributed by atoms with Crippen molar-refractivity contribution in [3.8, 4) is 0 Å². The smallest absolute Gasteiger partial charge is 0.0283 e. The molecular weight excluding hydrogens is 196 g/mol. The van der Waals surface area contributed by atoms with Gasteiger partial charge in [0.05, 0.1) is 0 Å². The van der Waals surface area contributed by atoms with Gasteiger partial charge >= 0.3 is 0 Å². The molecule has 1 saturated carbocycles. The zero-order valence-electron chi connectivity index (χ0n) is 11.4. The van der Waals surface area contributed by atoms with Gasteiger partial charge < -0.3 is 10.6 Å². The van der Waals surface area contributed by atoms with Gasteiger partial charge in [-0.15, -0.1) is 0 Å². The third kappa shape index (κ3) is 2.78. The standard InChI is InChI=1S/C14H28N2/c1-13(2,3)12-7-8-16(9-12)10-14(4,15)11-5-6-11/h11-12H,5-10,15H2,1-4H3. The molecule has 1 heterocycles. The number of hydrogen-bond donors (Lipinski definition) is 1. The quantitative estimate of drug-likeness (QED) is 0.798. The molecule has 16 heavy (non-hydrogen) atoms. The van der Waals surface area contributed by atoms with Crippen LogP contribution in [0.15, 0.2) is 0 Å². The van der Waals surface area contributed by atoms with Crippen LogP contribution in [0, 0.1) is 17.3 Å². The van der Waals surface area contributed by atoms with E-state index >= 15 is 0 Å². The molecule has 0 amide bonds. The number of likely N-dealkylation sites (tertiary alicyclic amines) is 1. The molecule has 0 aromatic carbocycles. The minimum atomic E-state index is 0.0623. The number of hydrogen-bond acceptors (Lipinski definition) is 2. The molecule has 1 aliphatic heterocycles. The first-order chi connectivity index (χ1) is 7.29. The lowest BCUT2D eigenvalue weighted by atomic mass is 9.80. The zero-order chi connectivity index (χ0) is 12.0. The first-order valence-electron chi connectivity index (χ1n) is 6.80. The van der Waals surface area contributed by atoms with E-state index in [-0.39, 0.29) is 5.54 Å². The van der Waals surface area contributed by atoms with E-state index in [9.17, 15) is 0 Å². The fourth-order valence-electron chi connectivity index (χ4n) is 3.04. The summed E-state index contributed by atoms with van der Waals surface area (Å²) in [6.45, 7) is 12.9. The van der Waals surface area contributed by atoms with Crippen molar-refractivity contribution in [2.75, 3.05) is 19.6 Å². The SMILES string of the molecule is CC(C)(C)C1CCN(CC(C)(N)C2CC2)C1. The fraction of sp³-hybridized carbons (Fsp3) is 1.00. The fourth-order valence-corrected chi connectivity index (χ4v) is 3.04. The Balaban J connectivity index is 1.85. The summed E-state index contributed by atoms with van der Waals surface area (Å²) in [6, 6.07) is 0. The van der Waals surface area contributed by atoms with Gasteiger partial charge in [0.15, 0.2) is 0 Å². The van der Waals surface area contributed by atoms with Crippen LogP contribution < -0.4 is 5.73 Å². The summed E-state index contributed by atoms with van der Waals surface area (Å²) < 4.78 is 0. The highest BCUT2D eigenvalue weighted by atomic mass is 15.2. The molecule has 0 bridgehead atoms. The van der Waals surface area contributed by atoms with E-state index in [1.165, 1.54) is 32.4 Å².